The Labute approximate surface area is 97.3 Å². The lowest BCUT2D eigenvalue weighted by molar-refractivity contribution is 0.101. The van der Waals surface area contributed by atoms with Crippen LogP contribution in [0.5, 0.6) is 5.75 Å². The third-order valence-corrected chi connectivity index (χ3v) is 2.88. The summed E-state index contributed by atoms with van der Waals surface area (Å²) in [5.74, 6) is 0.0164. The van der Waals surface area contributed by atoms with E-state index in [0.29, 0.717) is 22.1 Å². The Morgan fingerprint density at radius 2 is 1.94 bits per heavy atom. The summed E-state index contributed by atoms with van der Waals surface area (Å²) in [6.07, 6.45) is 0. The first-order valence-electron chi connectivity index (χ1n) is 5.32. The topological polar surface area (TPSA) is 50.4 Å². The minimum absolute atomic E-state index is 0.0402. The van der Waals surface area contributed by atoms with E-state index in [1.807, 2.05) is 24.3 Å². The highest BCUT2D eigenvalue weighted by Crippen LogP contribution is 2.36. The van der Waals surface area contributed by atoms with Gasteiger partial charge in [0, 0.05) is 16.3 Å². The maximum atomic E-state index is 11.6. The third-order valence-electron chi connectivity index (χ3n) is 2.88. The predicted octanol–water partition coefficient (Wildman–Crippen LogP) is 3.49. The molecule has 3 heteroatoms. The van der Waals surface area contributed by atoms with Crippen molar-refractivity contribution in [3.8, 4) is 5.75 Å². The molecule has 3 rings (SSSR count). The van der Waals surface area contributed by atoms with Gasteiger partial charge in [0.1, 0.15) is 5.58 Å². The number of ketones is 1. The van der Waals surface area contributed by atoms with Gasteiger partial charge in [-0.05, 0) is 25.1 Å². The standard InChI is InChI=1S/C14H10O3/c1-8(15)9-6-7-11(16)14-13(9)10-4-2-3-5-12(10)17-14/h2-7,16H,1H3. The third kappa shape index (κ3) is 1.32. The molecule has 0 unspecified atom stereocenters. The van der Waals surface area contributed by atoms with Crippen LogP contribution in [0.25, 0.3) is 21.9 Å². The lowest BCUT2D eigenvalue weighted by Gasteiger charge is -1.99. The normalized spacial score (nSPS) is 11.1. The summed E-state index contributed by atoms with van der Waals surface area (Å²) in [5.41, 5.74) is 1.62. The number of Topliss-reactive ketones (excluding diaryl/α,β-unsaturated/α-hetero) is 1. The molecule has 0 saturated heterocycles. The largest absolute Gasteiger partial charge is 0.504 e. The molecule has 1 N–H and O–H groups in total. The number of phenols is 1. The molecular weight excluding hydrogens is 216 g/mol. The zero-order valence-corrected chi connectivity index (χ0v) is 9.23. The number of fused-ring (bicyclic) bond motifs is 3. The van der Waals surface area contributed by atoms with Crippen LogP contribution < -0.4 is 0 Å². The summed E-state index contributed by atoms with van der Waals surface area (Å²) < 4.78 is 5.57. The van der Waals surface area contributed by atoms with Crippen LogP contribution in [0.15, 0.2) is 40.8 Å². The Morgan fingerprint density at radius 1 is 1.18 bits per heavy atom. The van der Waals surface area contributed by atoms with E-state index in [2.05, 4.69) is 0 Å². The van der Waals surface area contributed by atoms with Gasteiger partial charge in [0.05, 0.1) is 0 Å². The zero-order chi connectivity index (χ0) is 12.0. The number of benzene rings is 2. The molecule has 84 valence electrons. The average molecular weight is 226 g/mol. The fourth-order valence-corrected chi connectivity index (χ4v) is 2.11. The molecule has 0 aliphatic carbocycles. The molecular formula is C14H10O3. The van der Waals surface area contributed by atoms with Gasteiger partial charge in [0.25, 0.3) is 0 Å². The number of rotatable bonds is 1. The lowest BCUT2D eigenvalue weighted by atomic mass is 10.0. The van der Waals surface area contributed by atoms with Gasteiger partial charge in [-0.15, -0.1) is 0 Å². The molecule has 3 aromatic rings. The first-order chi connectivity index (χ1) is 8.18. The molecule has 0 fully saturated rings. The molecule has 1 aromatic heterocycles. The first-order valence-corrected chi connectivity index (χ1v) is 5.32. The Kier molecular flexibility index (Phi) is 1.95. The van der Waals surface area contributed by atoms with Crippen molar-refractivity contribution in [3.05, 3.63) is 42.0 Å². The van der Waals surface area contributed by atoms with Gasteiger partial charge in [-0.3, -0.25) is 4.79 Å². The molecule has 0 saturated carbocycles. The average Bonchev–Trinajstić information content (AvgIpc) is 2.69. The van der Waals surface area contributed by atoms with Crippen LogP contribution in [0, 0.1) is 0 Å². The van der Waals surface area contributed by atoms with Gasteiger partial charge in [-0.25, -0.2) is 0 Å². The van der Waals surface area contributed by atoms with Crippen molar-refractivity contribution in [1.29, 1.82) is 0 Å². The monoisotopic (exact) mass is 226 g/mol. The Bertz CT molecular complexity index is 738. The van der Waals surface area contributed by atoms with Gasteiger partial charge >= 0.3 is 0 Å². The number of carbonyl (C=O) groups is 1. The quantitative estimate of drug-likeness (QED) is 0.646. The minimum Gasteiger partial charge on any atom is -0.504 e. The van der Waals surface area contributed by atoms with Gasteiger partial charge in [0.2, 0.25) is 0 Å². The smallest absolute Gasteiger partial charge is 0.177 e. The second kappa shape index (κ2) is 3.35. The zero-order valence-electron chi connectivity index (χ0n) is 9.23. The summed E-state index contributed by atoms with van der Waals surface area (Å²) in [6, 6.07) is 10.6. The maximum Gasteiger partial charge on any atom is 0.177 e. The van der Waals surface area contributed by atoms with Crippen molar-refractivity contribution < 1.29 is 14.3 Å². The lowest BCUT2D eigenvalue weighted by Crippen LogP contribution is -1.92. The van der Waals surface area contributed by atoms with E-state index in [0.717, 1.165) is 5.39 Å². The van der Waals surface area contributed by atoms with Gasteiger partial charge in [-0.2, -0.15) is 0 Å². The summed E-state index contributed by atoms with van der Waals surface area (Å²) in [7, 11) is 0. The van der Waals surface area contributed by atoms with Crippen molar-refractivity contribution in [1.82, 2.24) is 0 Å². The van der Waals surface area contributed by atoms with Crippen LogP contribution in [-0.4, -0.2) is 10.9 Å². The van der Waals surface area contributed by atoms with E-state index in [-0.39, 0.29) is 11.5 Å². The van der Waals surface area contributed by atoms with Gasteiger partial charge in [0.15, 0.2) is 17.1 Å². The van der Waals surface area contributed by atoms with E-state index >= 15 is 0 Å². The minimum atomic E-state index is -0.0402. The first kappa shape index (κ1) is 9.90. The summed E-state index contributed by atoms with van der Waals surface area (Å²) >= 11 is 0. The molecule has 0 aliphatic heterocycles. The van der Waals surface area contributed by atoms with E-state index < -0.39 is 0 Å². The number of hydrogen-bond acceptors (Lipinski definition) is 3. The molecule has 0 atom stereocenters. The molecule has 2 aromatic carbocycles. The van der Waals surface area contributed by atoms with Crippen LogP contribution >= 0.6 is 0 Å². The highest BCUT2D eigenvalue weighted by molar-refractivity contribution is 6.17. The molecule has 0 spiro atoms. The van der Waals surface area contributed by atoms with Crippen molar-refractivity contribution in [2.24, 2.45) is 0 Å². The van der Waals surface area contributed by atoms with Crippen LogP contribution in [0.1, 0.15) is 17.3 Å². The van der Waals surface area contributed by atoms with E-state index in [1.165, 1.54) is 13.0 Å². The van der Waals surface area contributed by atoms with E-state index in [4.69, 9.17) is 4.42 Å². The summed E-state index contributed by atoms with van der Waals surface area (Å²) in [4.78, 5) is 11.6. The fraction of sp³-hybridized carbons (Fsp3) is 0.0714. The maximum absolute atomic E-state index is 11.6. The number of aromatic hydroxyl groups is 1. The second-order valence-electron chi connectivity index (χ2n) is 3.99. The number of carbonyl (C=O) groups excluding carboxylic acids is 1. The molecule has 0 amide bonds. The molecule has 1 heterocycles. The van der Waals surface area contributed by atoms with Crippen LogP contribution in [0.4, 0.5) is 0 Å². The molecule has 0 bridgehead atoms. The summed E-state index contributed by atoms with van der Waals surface area (Å²) in [6.45, 7) is 1.51. The molecule has 17 heavy (non-hydrogen) atoms. The van der Waals surface area contributed by atoms with E-state index in [9.17, 15) is 9.90 Å². The van der Waals surface area contributed by atoms with E-state index in [1.54, 1.807) is 6.07 Å². The highest BCUT2D eigenvalue weighted by atomic mass is 16.4. The van der Waals surface area contributed by atoms with Crippen molar-refractivity contribution in [3.63, 3.8) is 0 Å². The predicted molar refractivity (Wildman–Crippen MR) is 65.4 cm³/mol. The number of furan rings is 1. The molecule has 3 nitrogen and oxygen atoms in total. The SMILES string of the molecule is CC(=O)c1ccc(O)c2oc3ccccc3c12. The Hall–Kier alpha value is -2.29. The van der Waals surface area contributed by atoms with Gasteiger partial charge in [-0.1, -0.05) is 18.2 Å². The Balaban J connectivity index is 2.60. The molecule has 0 radical (unpaired) electrons. The fourth-order valence-electron chi connectivity index (χ4n) is 2.11. The molecule has 0 aliphatic rings. The van der Waals surface area contributed by atoms with Crippen molar-refractivity contribution in [2.75, 3.05) is 0 Å². The number of hydrogen-bond donors (Lipinski definition) is 1. The van der Waals surface area contributed by atoms with Crippen molar-refractivity contribution in [2.45, 2.75) is 6.92 Å². The van der Waals surface area contributed by atoms with Gasteiger partial charge < -0.3 is 9.52 Å². The Morgan fingerprint density at radius 3 is 2.71 bits per heavy atom. The highest BCUT2D eigenvalue weighted by Gasteiger charge is 2.16. The van der Waals surface area contributed by atoms with Crippen LogP contribution in [0.2, 0.25) is 0 Å². The second-order valence-corrected chi connectivity index (χ2v) is 3.99. The van der Waals surface area contributed by atoms with Crippen molar-refractivity contribution >= 4 is 27.7 Å². The summed E-state index contributed by atoms with van der Waals surface area (Å²) in [5, 5.41) is 11.3. The van der Waals surface area contributed by atoms with Crippen LogP contribution in [0.3, 0.4) is 0 Å². The number of para-hydroxylation sites is 1. The van der Waals surface area contributed by atoms with Crippen LogP contribution in [-0.2, 0) is 0 Å². The number of phenolic OH excluding ortho intramolecular Hbond substituents is 1.